The maximum Gasteiger partial charge on any atom is 0.337 e. The zero-order valence-corrected chi connectivity index (χ0v) is 12.5. The third-order valence-corrected chi connectivity index (χ3v) is 3.43. The highest BCUT2D eigenvalue weighted by Gasteiger charge is 2.09. The summed E-state index contributed by atoms with van der Waals surface area (Å²) in [6.45, 7) is 0. The van der Waals surface area contributed by atoms with Gasteiger partial charge in [-0.25, -0.2) is 4.79 Å². The third kappa shape index (κ3) is 3.14. The highest BCUT2D eigenvalue weighted by molar-refractivity contribution is 9.09. The van der Waals surface area contributed by atoms with E-state index in [2.05, 4.69) is 15.9 Å². The highest BCUT2D eigenvalue weighted by atomic mass is 79.9. The fourth-order valence-corrected chi connectivity index (χ4v) is 2.22. The van der Waals surface area contributed by atoms with Gasteiger partial charge in [-0.3, -0.25) is 4.79 Å². The van der Waals surface area contributed by atoms with Crippen molar-refractivity contribution in [2.24, 2.45) is 0 Å². The Kier molecular flexibility index (Phi) is 4.69. The van der Waals surface area contributed by atoms with Gasteiger partial charge in [0.05, 0.1) is 18.0 Å². The van der Waals surface area contributed by atoms with Crippen LogP contribution in [0.4, 0.5) is 0 Å². The molecule has 0 saturated carbocycles. The van der Waals surface area contributed by atoms with Crippen molar-refractivity contribution in [3.63, 3.8) is 0 Å². The van der Waals surface area contributed by atoms with Crippen LogP contribution in [0.3, 0.4) is 0 Å². The van der Waals surface area contributed by atoms with E-state index in [1.165, 1.54) is 7.11 Å². The van der Waals surface area contributed by atoms with Gasteiger partial charge in [-0.05, 0) is 29.3 Å². The minimum absolute atomic E-state index is 0.0240. The molecule has 0 aliphatic rings. The monoisotopic (exact) mass is 332 g/mol. The maximum absolute atomic E-state index is 11.7. The molecular weight excluding hydrogens is 320 g/mol. The summed E-state index contributed by atoms with van der Waals surface area (Å²) in [4.78, 5) is 23.2. The molecule has 2 aromatic carbocycles. The molecule has 0 fully saturated rings. The number of ether oxygens (including phenoxy) is 1. The Hall–Kier alpha value is -1.94. The molecule has 0 unspecified atom stereocenters. The summed E-state index contributed by atoms with van der Waals surface area (Å²) < 4.78 is 4.71. The fourth-order valence-electron chi connectivity index (χ4n) is 1.89. The maximum atomic E-state index is 11.7. The van der Waals surface area contributed by atoms with E-state index in [4.69, 9.17) is 4.74 Å². The van der Waals surface area contributed by atoms with Crippen LogP contribution in [0.5, 0.6) is 0 Å². The summed E-state index contributed by atoms with van der Waals surface area (Å²) in [5.41, 5.74) is 2.89. The van der Waals surface area contributed by atoms with E-state index in [0.717, 1.165) is 11.1 Å². The second kappa shape index (κ2) is 6.48. The van der Waals surface area contributed by atoms with Gasteiger partial charge in [0.25, 0.3) is 0 Å². The Morgan fingerprint density at radius 3 is 2.10 bits per heavy atom. The van der Waals surface area contributed by atoms with Gasteiger partial charge in [0.15, 0.2) is 5.78 Å². The van der Waals surface area contributed by atoms with Crippen LogP contribution in [0.15, 0.2) is 48.5 Å². The van der Waals surface area contributed by atoms with Crippen molar-refractivity contribution in [3.05, 3.63) is 59.7 Å². The summed E-state index contributed by atoms with van der Waals surface area (Å²) in [6.07, 6.45) is 0. The minimum Gasteiger partial charge on any atom is -0.465 e. The topological polar surface area (TPSA) is 43.4 Å². The molecule has 0 amide bonds. The van der Waals surface area contributed by atoms with Crippen molar-refractivity contribution in [2.75, 3.05) is 12.4 Å². The normalized spacial score (nSPS) is 10.1. The summed E-state index contributed by atoms with van der Waals surface area (Å²) >= 11 is 3.16. The number of Topliss-reactive ketones (excluding diaryl/α,β-unsaturated/α-hetero) is 1. The first kappa shape index (κ1) is 14.5. The van der Waals surface area contributed by atoms with Gasteiger partial charge in [0.1, 0.15) is 0 Å². The predicted molar refractivity (Wildman–Crippen MR) is 81.3 cm³/mol. The number of benzene rings is 2. The average molecular weight is 333 g/mol. The Morgan fingerprint density at radius 2 is 1.55 bits per heavy atom. The van der Waals surface area contributed by atoms with Gasteiger partial charge in [-0.15, -0.1) is 0 Å². The first-order valence-electron chi connectivity index (χ1n) is 6.03. The third-order valence-electron chi connectivity index (χ3n) is 2.92. The van der Waals surface area contributed by atoms with Crippen LogP contribution in [0.25, 0.3) is 11.1 Å². The van der Waals surface area contributed by atoms with E-state index in [-0.39, 0.29) is 11.8 Å². The number of hydrogen-bond acceptors (Lipinski definition) is 3. The second-order valence-corrected chi connectivity index (χ2v) is 4.77. The number of ketones is 1. The van der Waals surface area contributed by atoms with E-state index < -0.39 is 0 Å². The molecule has 0 heterocycles. The molecule has 0 bridgehead atoms. The lowest BCUT2D eigenvalue weighted by atomic mass is 10.00. The molecule has 0 spiro atoms. The first-order chi connectivity index (χ1) is 9.65. The Bertz CT molecular complexity index is 592. The van der Waals surface area contributed by atoms with E-state index in [1.807, 2.05) is 24.3 Å². The van der Waals surface area contributed by atoms with E-state index in [0.29, 0.717) is 16.5 Å². The quantitative estimate of drug-likeness (QED) is 0.487. The van der Waals surface area contributed by atoms with Gasteiger partial charge in [-0.1, -0.05) is 46.3 Å². The molecule has 102 valence electrons. The number of esters is 1. The zero-order chi connectivity index (χ0) is 14.5. The smallest absolute Gasteiger partial charge is 0.337 e. The number of carbonyl (C=O) groups is 2. The number of alkyl halides is 1. The molecule has 0 N–H and O–H groups in total. The van der Waals surface area contributed by atoms with Crippen LogP contribution in [-0.2, 0) is 4.74 Å². The van der Waals surface area contributed by atoms with Crippen molar-refractivity contribution < 1.29 is 14.3 Å². The number of methoxy groups -OCH3 is 1. The molecule has 2 rings (SSSR count). The summed E-state index contributed by atoms with van der Waals surface area (Å²) in [5, 5.41) is 0.290. The van der Waals surface area contributed by atoms with Gasteiger partial charge in [0, 0.05) is 5.56 Å². The van der Waals surface area contributed by atoms with Crippen molar-refractivity contribution in [1.82, 2.24) is 0 Å². The molecule has 0 aliphatic heterocycles. The van der Waals surface area contributed by atoms with Crippen molar-refractivity contribution in [3.8, 4) is 11.1 Å². The fraction of sp³-hybridized carbons (Fsp3) is 0.125. The van der Waals surface area contributed by atoms with Crippen LogP contribution >= 0.6 is 15.9 Å². The van der Waals surface area contributed by atoms with Crippen molar-refractivity contribution in [2.45, 2.75) is 0 Å². The molecular formula is C16H13BrO3. The number of hydrogen-bond donors (Lipinski definition) is 0. The summed E-state index contributed by atoms with van der Waals surface area (Å²) in [7, 11) is 1.35. The zero-order valence-electron chi connectivity index (χ0n) is 10.9. The SMILES string of the molecule is COC(=O)c1cccc(-c2cccc(C(=O)CBr)c2)c1. The van der Waals surface area contributed by atoms with E-state index in [9.17, 15) is 9.59 Å². The van der Waals surface area contributed by atoms with E-state index >= 15 is 0 Å². The first-order valence-corrected chi connectivity index (χ1v) is 7.16. The molecule has 0 saturated heterocycles. The van der Waals surface area contributed by atoms with Crippen LogP contribution in [-0.4, -0.2) is 24.2 Å². The van der Waals surface area contributed by atoms with Crippen LogP contribution < -0.4 is 0 Å². The van der Waals surface area contributed by atoms with Gasteiger partial charge < -0.3 is 4.74 Å². The molecule has 0 atom stereocenters. The van der Waals surface area contributed by atoms with Gasteiger partial charge >= 0.3 is 5.97 Å². The summed E-state index contributed by atoms with van der Waals surface area (Å²) in [6, 6.07) is 14.5. The molecule has 20 heavy (non-hydrogen) atoms. The Balaban J connectivity index is 2.41. The standard InChI is InChI=1S/C16H13BrO3/c1-20-16(19)14-7-3-5-12(9-14)11-4-2-6-13(8-11)15(18)10-17/h2-9H,10H2,1H3. The molecule has 4 heteroatoms. The van der Waals surface area contributed by atoms with Crippen molar-refractivity contribution in [1.29, 1.82) is 0 Å². The number of rotatable bonds is 4. The molecule has 2 aromatic rings. The molecule has 3 nitrogen and oxygen atoms in total. The second-order valence-electron chi connectivity index (χ2n) is 4.21. The van der Waals surface area contributed by atoms with Gasteiger partial charge in [-0.2, -0.15) is 0 Å². The number of carbonyl (C=O) groups excluding carboxylic acids is 2. The Labute approximate surface area is 125 Å². The lowest BCUT2D eigenvalue weighted by Gasteiger charge is -2.06. The van der Waals surface area contributed by atoms with Crippen LogP contribution in [0, 0.1) is 0 Å². The largest absolute Gasteiger partial charge is 0.465 e. The summed E-state index contributed by atoms with van der Waals surface area (Å²) in [5.74, 6) is -0.351. The van der Waals surface area contributed by atoms with Crippen LogP contribution in [0.1, 0.15) is 20.7 Å². The Morgan fingerprint density at radius 1 is 1.00 bits per heavy atom. The predicted octanol–water partition coefficient (Wildman–Crippen LogP) is 3.72. The average Bonchev–Trinajstić information content (AvgIpc) is 2.53. The van der Waals surface area contributed by atoms with Gasteiger partial charge in [0.2, 0.25) is 0 Å². The van der Waals surface area contributed by atoms with Crippen molar-refractivity contribution >= 4 is 27.7 Å². The molecule has 0 radical (unpaired) electrons. The minimum atomic E-state index is -0.375. The molecule has 0 aliphatic carbocycles. The highest BCUT2D eigenvalue weighted by Crippen LogP contribution is 2.22. The lowest BCUT2D eigenvalue weighted by molar-refractivity contribution is 0.0600. The van der Waals surface area contributed by atoms with Crippen LogP contribution in [0.2, 0.25) is 0 Å². The molecule has 0 aromatic heterocycles. The number of halogens is 1. The lowest BCUT2D eigenvalue weighted by Crippen LogP contribution is -2.01. The van der Waals surface area contributed by atoms with E-state index in [1.54, 1.807) is 24.3 Å².